The van der Waals surface area contributed by atoms with E-state index in [1.54, 1.807) is 0 Å². The Morgan fingerprint density at radius 2 is 2.12 bits per heavy atom. The zero-order chi connectivity index (χ0) is 12.6. The van der Waals surface area contributed by atoms with E-state index in [0.29, 0.717) is 17.0 Å². The fourth-order valence-corrected chi connectivity index (χ4v) is 2.67. The highest BCUT2D eigenvalue weighted by Crippen LogP contribution is 2.40. The highest BCUT2D eigenvalue weighted by Gasteiger charge is 2.33. The number of hydrogen-bond acceptors (Lipinski definition) is 2. The van der Waals surface area contributed by atoms with Crippen molar-refractivity contribution in [2.75, 3.05) is 5.32 Å². The van der Waals surface area contributed by atoms with E-state index in [1.807, 2.05) is 6.92 Å². The first-order valence-electron chi connectivity index (χ1n) is 5.10. The van der Waals surface area contributed by atoms with Crippen LogP contribution < -0.4 is 5.32 Å². The third kappa shape index (κ3) is 2.41. The van der Waals surface area contributed by atoms with Gasteiger partial charge >= 0.3 is 6.18 Å². The first-order valence-corrected chi connectivity index (χ1v) is 5.98. The lowest BCUT2D eigenvalue weighted by molar-refractivity contribution is -0.137. The molecule has 1 aromatic rings. The first kappa shape index (κ1) is 12.3. The van der Waals surface area contributed by atoms with E-state index >= 15 is 0 Å². The number of carbonyl (C=O) groups excluding carboxylic acids is 1. The molecule has 0 saturated heterocycles. The van der Waals surface area contributed by atoms with Crippen LogP contribution in [0.2, 0.25) is 0 Å². The Morgan fingerprint density at radius 1 is 1.41 bits per heavy atom. The Labute approximate surface area is 101 Å². The van der Waals surface area contributed by atoms with Crippen molar-refractivity contribution in [1.82, 2.24) is 0 Å². The molecule has 0 spiro atoms. The maximum atomic E-state index is 12.5. The summed E-state index contributed by atoms with van der Waals surface area (Å²) in [4.78, 5) is 12.0. The second kappa shape index (κ2) is 4.25. The SMILES string of the molecule is CCC1Sc2cc(C(F)(F)F)ccc2NC1=O. The number of thioether (sulfide) groups is 1. The van der Waals surface area contributed by atoms with Crippen LogP contribution in [0.4, 0.5) is 18.9 Å². The summed E-state index contributed by atoms with van der Waals surface area (Å²) in [5.74, 6) is -0.148. The standard InChI is InChI=1S/C11H10F3NOS/c1-2-8-10(16)15-7-4-3-6(11(12,13)14)5-9(7)17-8/h3-5,8H,2H2,1H3,(H,15,16). The van der Waals surface area contributed by atoms with Gasteiger partial charge in [-0.05, 0) is 24.6 Å². The van der Waals surface area contributed by atoms with Crippen LogP contribution in [0.25, 0.3) is 0 Å². The fourth-order valence-electron chi connectivity index (χ4n) is 1.59. The molecule has 0 fully saturated rings. The molecule has 1 aliphatic heterocycles. The zero-order valence-electron chi connectivity index (χ0n) is 8.97. The van der Waals surface area contributed by atoms with Gasteiger partial charge in [-0.15, -0.1) is 11.8 Å². The van der Waals surface area contributed by atoms with E-state index < -0.39 is 11.7 Å². The van der Waals surface area contributed by atoms with Crippen LogP contribution in [0.5, 0.6) is 0 Å². The van der Waals surface area contributed by atoms with Crippen molar-refractivity contribution in [1.29, 1.82) is 0 Å². The van der Waals surface area contributed by atoms with Crippen molar-refractivity contribution in [3.63, 3.8) is 0 Å². The lowest BCUT2D eigenvalue weighted by Gasteiger charge is -2.23. The van der Waals surface area contributed by atoms with Crippen molar-refractivity contribution in [3.05, 3.63) is 23.8 Å². The van der Waals surface area contributed by atoms with Crippen molar-refractivity contribution < 1.29 is 18.0 Å². The van der Waals surface area contributed by atoms with Crippen LogP contribution in [-0.2, 0) is 11.0 Å². The molecule has 0 aromatic heterocycles. The smallest absolute Gasteiger partial charge is 0.324 e. The van der Waals surface area contributed by atoms with Gasteiger partial charge in [-0.1, -0.05) is 6.92 Å². The summed E-state index contributed by atoms with van der Waals surface area (Å²) in [6.07, 6.45) is -3.76. The summed E-state index contributed by atoms with van der Waals surface area (Å²) >= 11 is 1.18. The van der Waals surface area contributed by atoms with Crippen molar-refractivity contribution in [3.8, 4) is 0 Å². The monoisotopic (exact) mass is 261 g/mol. The maximum Gasteiger partial charge on any atom is 0.416 e. The number of carbonyl (C=O) groups is 1. The molecule has 92 valence electrons. The number of amides is 1. The predicted octanol–water partition coefficient (Wildman–Crippen LogP) is 3.53. The summed E-state index contributed by atoms with van der Waals surface area (Å²) in [5, 5.41) is 2.30. The molecule has 1 aliphatic rings. The van der Waals surface area contributed by atoms with Crippen LogP contribution in [0, 0.1) is 0 Å². The van der Waals surface area contributed by atoms with Crippen molar-refractivity contribution in [2.24, 2.45) is 0 Å². The fraction of sp³-hybridized carbons (Fsp3) is 0.364. The number of halogens is 3. The van der Waals surface area contributed by atoms with Crippen molar-refractivity contribution in [2.45, 2.75) is 29.7 Å². The molecule has 1 N–H and O–H groups in total. The van der Waals surface area contributed by atoms with E-state index in [4.69, 9.17) is 0 Å². The van der Waals surface area contributed by atoms with Crippen LogP contribution in [0.3, 0.4) is 0 Å². The largest absolute Gasteiger partial charge is 0.416 e. The molecule has 17 heavy (non-hydrogen) atoms. The Morgan fingerprint density at radius 3 is 2.71 bits per heavy atom. The van der Waals surface area contributed by atoms with Gasteiger partial charge in [0, 0.05) is 4.90 Å². The molecule has 0 radical (unpaired) electrons. The van der Waals surface area contributed by atoms with Gasteiger partial charge in [0.1, 0.15) is 0 Å². The van der Waals surface area contributed by atoms with Crippen molar-refractivity contribution >= 4 is 23.4 Å². The van der Waals surface area contributed by atoms with E-state index in [0.717, 1.165) is 12.1 Å². The van der Waals surface area contributed by atoms with Crippen LogP contribution in [0.15, 0.2) is 23.1 Å². The lowest BCUT2D eigenvalue weighted by Crippen LogP contribution is -2.28. The number of fused-ring (bicyclic) bond motifs is 1. The average Bonchev–Trinajstić information content (AvgIpc) is 2.26. The van der Waals surface area contributed by atoms with Gasteiger partial charge in [0.2, 0.25) is 5.91 Å². The summed E-state index contributed by atoms with van der Waals surface area (Å²) in [6.45, 7) is 1.83. The molecular weight excluding hydrogens is 251 g/mol. The number of nitrogens with one attached hydrogen (secondary N) is 1. The molecule has 1 heterocycles. The number of benzene rings is 1. The minimum Gasteiger partial charge on any atom is -0.324 e. The molecule has 1 amide bonds. The van der Waals surface area contributed by atoms with Crippen LogP contribution in [0.1, 0.15) is 18.9 Å². The summed E-state index contributed by atoms with van der Waals surface area (Å²) < 4.78 is 37.6. The van der Waals surface area contributed by atoms with Crippen LogP contribution in [-0.4, -0.2) is 11.2 Å². The molecule has 1 atom stereocenters. The third-order valence-corrected chi connectivity index (χ3v) is 3.92. The molecule has 0 aliphatic carbocycles. The quantitative estimate of drug-likeness (QED) is 0.838. The van der Waals surface area contributed by atoms with E-state index in [1.165, 1.54) is 17.8 Å². The van der Waals surface area contributed by atoms with Gasteiger partial charge < -0.3 is 5.32 Å². The van der Waals surface area contributed by atoms with Crippen LogP contribution >= 0.6 is 11.8 Å². The average molecular weight is 261 g/mol. The Hall–Kier alpha value is -1.17. The summed E-state index contributed by atoms with van der Waals surface area (Å²) in [5.41, 5.74) is -0.229. The van der Waals surface area contributed by atoms with Gasteiger partial charge in [-0.3, -0.25) is 4.79 Å². The second-order valence-electron chi connectivity index (χ2n) is 3.71. The van der Waals surface area contributed by atoms with Gasteiger partial charge in [0.15, 0.2) is 0 Å². The molecule has 0 saturated carbocycles. The molecule has 2 nitrogen and oxygen atoms in total. The highest BCUT2D eigenvalue weighted by molar-refractivity contribution is 8.01. The van der Waals surface area contributed by atoms with Gasteiger partial charge in [0.25, 0.3) is 0 Å². The molecule has 1 aromatic carbocycles. The van der Waals surface area contributed by atoms with Gasteiger partial charge in [0.05, 0.1) is 16.5 Å². The summed E-state index contributed by atoms with van der Waals surface area (Å²) in [7, 11) is 0. The zero-order valence-corrected chi connectivity index (χ0v) is 9.78. The predicted molar refractivity (Wildman–Crippen MR) is 60.0 cm³/mol. The maximum absolute atomic E-state index is 12.5. The number of rotatable bonds is 1. The normalized spacial score (nSPS) is 19.8. The topological polar surface area (TPSA) is 29.1 Å². The molecule has 2 rings (SSSR count). The third-order valence-electron chi connectivity index (χ3n) is 2.50. The molecule has 6 heteroatoms. The van der Waals surface area contributed by atoms with E-state index in [9.17, 15) is 18.0 Å². The summed E-state index contributed by atoms with van der Waals surface area (Å²) in [6, 6.07) is 3.36. The Kier molecular flexibility index (Phi) is 3.07. The lowest BCUT2D eigenvalue weighted by atomic mass is 10.2. The minimum absolute atomic E-state index is 0.148. The van der Waals surface area contributed by atoms with E-state index in [2.05, 4.69) is 5.32 Å². The molecular formula is C11H10F3NOS. The number of anilines is 1. The minimum atomic E-state index is -4.35. The van der Waals surface area contributed by atoms with E-state index in [-0.39, 0.29) is 11.2 Å². The first-order chi connectivity index (χ1) is 7.91. The number of hydrogen-bond donors (Lipinski definition) is 1. The Bertz CT molecular complexity index is 459. The van der Waals surface area contributed by atoms with Gasteiger partial charge in [-0.25, -0.2) is 0 Å². The second-order valence-corrected chi connectivity index (χ2v) is 4.96. The highest BCUT2D eigenvalue weighted by atomic mass is 32.2. The Balaban J connectivity index is 2.37. The molecule has 1 unspecified atom stereocenters. The molecule has 0 bridgehead atoms. The number of alkyl halides is 3. The van der Waals surface area contributed by atoms with Gasteiger partial charge in [-0.2, -0.15) is 13.2 Å².